The molecule has 84 valence electrons. The van der Waals surface area contributed by atoms with Crippen LogP contribution in [-0.4, -0.2) is 37.5 Å². The molecule has 0 aromatic rings. The monoisotopic (exact) mass is 201 g/mol. The number of hydrogen-bond donors (Lipinski definition) is 2. The SMILES string of the molecule is OCCCCCCNC1CCOCC1. The summed E-state index contributed by atoms with van der Waals surface area (Å²) in [6, 6.07) is 0.682. The van der Waals surface area contributed by atoms with Gasteiger partial charge in [0.1, 0.15) is 0 Å². The van der Waals surface area contributed by atoms with Gasteiger partial charge in [0.05, 0.1) is 0 Å². The molecule has 0 aromatic heterocycles. The van der Waals surface area contributed by atoms with Crippen molar-refractivity contribution in [1.29, 1.82) is 0 Å². The molecule has 1 aliphatic rings. The molecule has 0 radical (unpaired) electrons. The van der Waals surface area contributed by atoms with Gasteiger partial charge in [0.2, 0.25) is 0 Å². The van der Waals surface area contributed by atoms with E-state index < -0.39 is 0 Å². The first kappa shape index (κ1) is 12.0. The predicted octanol–water partition coefficient (Wildman–Crippen LogP) is 1.31. The fourth-order valence-electron chi connectivity index (χ4n) is 1.80. The highest BCUT2D eigenvalue weighted by molar-refractivity contribution is 4.69. The maximum Gasteiger partial charge on any atom is 0.0480 e. The molecular formula is C11H23NO2. The Morgan fingerprint density at radius 1 is 1.07 bits per heavy atom. The normalized spacial score (nSPS) is 18.6. The molecule has 14 heavy (non-hydrogen) atoms. The Morgan fingerprint density at radius 3 is 2.50 bits per heavy atom. The Morgan fingerprint density at radius 2 is 1.79 bits per heavy atom. The third-order valence-electron chi connectivity index (χ3n) is 2.74. The second-order valence-corrected chi connectivity index (χ2v) is 3.98. The molecule has 0 bridgehead atoms. The van der Waals surface area contributed by atoms with Crippen LogP contribution in [0.3, 0.4) is 0 Å². The lowest BCUT2D eigenvalue weighted by molar-refractivity contribution is 0.0780. The first-order chi connectivity index (χ1) is 6.93. The van der Waals surface area contributed by atoms with E-state index in [4.69, 9.17) is 9.84 Å². The lowest BCUT2D eigenvalue weighted by Gasteiger charge is -2.23. The number of aliphatic hydroxyl groups excluding tert-OH is 1. The van der Waals surface area contributed by atoms with Gasteiger partial charge in [0, 0.05) is 25.9 Å². The molecule has 0 aromatic carbocycles. The zero-order valence-electron chi connectivity index (χ0n) is 9.00. The first-order valence-electron chi connectivity index (χ1n) is 5.85. The molecule has 0 atom stereocenters. The maximum absolute atomic E-state index is 8.60. The molecule has 0 saturated carbocycles. The van der Waals surface area contributed by atoms with Gasteiger partial charge in [-0.3, -0.25) is 0 Å². The molecule has 1 heterocycles. The fraction of sp³-hybridized carbons (Fsp3) is 1.00. The number of rotatable bonds is 7. The van der Waals surface area contributed by atoms with Crippen LogP contribution in [0.5, 0.6) is 0 Å². The standard InChI is InChI=1S/C11H23NO2/c13-8-4-2-1-3-7-12-11-5-9-14-10-6-11/h11-13H,1-10H2. The zero-order chi connectivity index (χ0) is 10.1. The van der Waals surface area contributed by atoms with Gasteiger partial charge in [-0.2, -0.15) is 0 Å². The van der Waals surface area contributed by atoms with Crippen LogP contribution < -0.4 is 5.32 Å². The highest BCUT2D eigenvalue weighted by atomic mass is 16.5. The summed E-state index contributed by atoms with van der Waals surface area (Å²) in [7, 11) is 0. The zero-order valence-corrected chi connectivity index (χ0v) is 9.00. The van der Waals surface area contributed by atoms with Crippen molar-refractivity contribution in [3.8, 4) is 0 Å². The molecule has 0 unspecified atom stereocenters. The average Bonchev–Trinajstić information content (AvgIpc) is 2.25. The van der Waals surface area contributed by atoms with Crippen molar-refractivity contribution in [2.45, 2.75) is 44.6 Å². The summed E-state index contributed by atoms with van der Waals surface area (Å²) in [5.74, 6) is 0. The molecule has 0 aliphatic carbocycles. The maximum atomic E-state index is 8.60. The van der Waals surface area contributed by atoms with Crippen LogP contribution in [-0.2, 0) is 4.74 Å². The van der Waals surface area contributed by atoms with Gasteiger partial charge in [0.25, 0.3) is 0 Å². The largest absolute Gasteiger partial charge is 0.396 e. The number of nitrogens with one attached hydrogen (secondary N) is 1. The second-order valence-electron chi connectivity index (χ2n) is 3.98. The van der Waals surface area contributed by atoms with Crippen molar-refractivity contribution in [3.63, 3.8) is 0 Å². The summed E-state index contributed by atoms with van der Waals surface area (Å²) < 4.78 is 5.29. The number of ether oxygens (including phenoxy) is 1. The Hall–Kier alpha value is -0.120. The van der Waals surface area contributed by atoms with Gasteiger partial charge in [-0.1, -0.05) is 12.8 Å². The van der Waals surface area contributed by atoms with E-state index in [9.17, 15) is 0 Å². The first-order valence-corrected chi connectivity index (χ1v) is 5.85. The van der Waals surface area contributed by atoms with E-state index in [1.807, 2.05) is 0 Å². The van der Waals surface area contributed by atoms with E-state index in [1.54, 1.807) is 0 Å². The van der Waals surface area contributed by atoms with E-state index in [2.05, 4.69) is 5.32 Å². The third kappa shape index (κ3) is 5.58. The van der Waals surface area contributed by atoms with Gasteiger partial charge in [-0.25, -0.2) is 0 Å². The molecule has 3 nitrogen and oxygen atoms in total. The van der Waals surface area contributed by atoms with E-state index in [-0.39, 0.29) is 0 Å². The van der Waals surface area contributed by atoms with E-state index in [1.165, 1.54) is 12.8 Å². The summed E-state index contributed by atoms with van der Waals surface area (Å²) in [6.07, 6.45) is 6.91. The minimum atomic E-state index is 0.341. The summed E-state index contributed by atoms with van der Waals surface area (Å²) >= 11 is 0. The highest BCUT2D eigenvalue weighted by Gasteiger charge is 2.11. The van der Waals surface area contributed by atoms with Crippen LogP contribution in [0.25, 0.3) is 0 Å². The van der Waals surface area contributed by atoms with Crippen molar-refractivity contribution in [2.24, 2.45) is 0 Å². The van der Waals surface area contributed by atoms with Gasteiger partial charge in [0.15, 0.2) is 0 Å². The summed E-state index contributed by atoms with van der Waals surface area (Å²) in [6.45, 7) is 3.30. The Balaban J connectivity index is 1.82. The van der Waals surface area contributed by atoms with Crippen molar-refractivity contribution in [1.82, 2.24) is 5.32 Å². The highest BCUT2D eigenvalue weighted by Crippen LogP contribution is 2.06. The molecule has 1 rings (SSSR count). The molecule has 1 fully saturated rings. The number of hydrogen-bond acceptors (Lipinski definition) is 3. The Kier molecular flexibility index (Phi) is 7.01. The van der Waals surface area contributed by atoms with Crippen molar-refractivity contribution in [2.75, 3.05) is 26.4 Å². The van der Waals surface area contributed by atoms with E-state index in [0.717, 1.165) is 45.4 Å². The second kappa shape index (κ2) is 8.21. The molecule has 1 aliphatic heterocycles. The predicted molar refractivity (Wildman–Crippen MR) is 57.4 cm³/mol. The Bertz CT molecular complexity index is 124. The summed E-state index contributed by atoms with van der Waals surface area (Å²) in [5.41, 5.74) is 0. The van der Waals surface area contributed by atoms with Crippen molar-refractivity contribution >= 4 is 0 Å². The van der Waals surface area contributed by atoms with Crippen LogP contribution in [0.2, 0.25) is 0 Å². The van der Waals surface area contributed by atoms with Crippen LogP contribution in [0.1, 0.15) is 38.5 Å². The number of unbranched alkanes of at least 4 members (excludes halogenated alkanes) is 3. The average molecular weight is 201 g/mol. The molecule has 2 N–H and O–H groups in total. The van der Waals surface area contributed by atoms with Gasteiger partial charge >= 0.3 is 0 Å². The van der Waals surface area contributed by atoms with E-state index in [0.29, 0.717) is 12.6 Å². The lowest BCUT2D eigenvalue weighted by Crippen LogP contribution is -2.35. The summed E-state index contributed by atoms with van der Waals surface area (Å²) in [4.78, 5) is 0. The molecule has 0 amide bonds. The lowest BCUT2D eigenvalue weighted by atomic mass is 10.1. The quantitative estimate of drug-likeness (QED) is 0.610. The molecule has 3 heteroatoms. The van der Waals surface area contributed by atoms with Crippen LogP contribution in [0, 0.1) is 0 Å². The molecule has 0 spiro atoms. The van der Waals surface area contributed by atoms with Crippen molar-refractivity contribution < 1.29 is 9.84 Å². The van der Waals surface area contributed by atoms with Crippen LogP contribution in [0.15, 0.2) is 0 Å². The topological polar surface area (TPSA) is 41.5 Å². The third-order valence-corrected chi connectivity index (χ3v) is 2.74. The minimum absolute atomic E-state index is 0.341. The Labute approximate surface area is 86.8 Å². The summed E-state index contributed by atoms with van der Waals surface area (Å²) in [5, 5.41) is 12.2. The molecule has 1 saturated heterocycles. The minimum Gasteiger partial charge on any atom is -0.396 e. The fourth-order valence-corrected chi connectivity index (χ4v) is 1.80. The van der Waals surface area contributed by atoms with Crippen LogP contribution in [0.4, 0.5) is 0 Å². The van der Waals surface area contributed by atoms with Gasteiger partial charge in [-0.15, -0.1) is 0 Å². The smallest absolute Gasteiger partial charge is 0.0480 e. The van der Waals surface area contributed by atoms with E-state index >= 15 is 0 Å². The number of aliphatic hydroxyl groups is 1. The van der Waals surface area contributed by atoms with Crippen molar-refractivity contribution in [3.05, 3.63) is 0 Å². The van der Waals surface area contributed by atoms with Gasteiger partial charge in [-0.05, 0) is 32.2 Å². The van der Waals surface area contributed by atoms with Crippen LogP contribution >= 0.6 is 0 Å². The molecular weight excluding hydrogens is 178 g/mol. The van der Waals surface area contributed by atoms with Gasteiger partial charge < -0.3 is 15.2 Å².